The van der Waals surface area contributed by atoms with Crippen LogP contribution in [0.1, 0.15) is 37.6 Å². The van der Waals surface area contributed by atoms with Crippen LogP contribution in [0.25, 0.3) is 0 Å². The summed E-state index contributed by atoms with van der Waals surface area (Å²) in [4.78, 5) is 12.1. The number of carbonyl (C=O) groups excluding carboxylic acids is 1. The van der Waals surface area contributed by atoms with E-state index in [1.54, 1.807) is 10.9 Å². The summed E-state index contributed by atoms with van der Waals surface area (Å²) in [5, 5.41) is 4.02. The Morgan fingerprint density at radius 1 is 1.47 bits per heavy atom. The Balaban J connectivity index is 3.04. The molecule has 0 aliphatic rings. The van der Waals surface area contributed by atoms with Crippen molar-refractivity contribution in [3.05, 3.63) is 18.0 Å². The number of hydrogen-bond acceptors (Lipinski definition) is 4. The van der Waals surface area contributed by atoms with Gasteiger partial charge in [0.05, 0.1) is 11.8 Å². The number of Topliss-reactive ketones (excluding diaryl/α,β-unsaturated/α-hetero) is 1. The van der Waals surface area contributed by atoms with Crippen molar-refractivity contribution in [3.8, 4) is 0 Å². The molecule has 0 fully saturated rings. The molecule has 96 valence electrons. The highest BCUT2D eigenvalue weighted by Crippen LogP contribution is 2.21. The van der Waals surface area contributed by atoms with E-state index in [4.69, 9.17) is 0 Å². The molecule has 0 atom stereocenters. The van der Waals surface area contributed by atoms with Crippen LogP contribution < -0.4 is 0 Å². The predicted molar refractivity (Wildman–Crippen MR) is 65.8 cm³/mol. The molecule has 1 aromatic heterocycles. The van der Waals surface area contributed by atoms with Gasteiger partial charge in [-0.2, -0.15) is 5.10 Å². The van der Waals surface area contributed by atoms with Crippen molar-refractivity contribution in [2.45, 2.75) is 38.5 Å². The zero-order chi connectivity index (χ0) is 13.3. The minimum atomic E-state index is -3.44. The van der Waals surface area contributed by atoms with E-state index in [9.17, 15) is 13.2 Å². The molecule has 0 aliphatic carbocycles. The SMILES string of the molecule is CCCn1cc(C(=O)C(C)(C)S(C)(=O)=O)cn1. The molecule has 0 unspecified atom stereocenters. The number of nitrogens with zero attached hydrogens (tertiary/aromatic N) is 2. The Bertz CT molecular complexity index is 515. The van der Waals surface area contributed by atoms with E-state index in [2.05, 4.69) is 5.10 Å². The fourth-order valence-corrected chi connectivity index (χ4v) is 1.80. The first-order chi connectivity index (χ1) is 7.70. The second kappa shape index (κ2) is 4.60. The lowest BCUT2D eigenvalue weighted by Crippen LogP contribution is -2.39. The maximum atomic E-state index is 12.1. The third kappa shape index (κ3) is 2.74. The quantitative estimate of drug-likeness (QED) is 0.746. The molecule has 0 saturated carbocycles. The Kier molecular flexibility index (Phi) is 3.76. The zero-order valence-corrected chi connectivity index (χ0v) is 11.4. The Hall–Kier alpha value is -1.17. The standard InChI is InChI=1S/C11H18N2O3S/c1-5-6-13-8-9(7-12-13)10(14)11(2,3)17(4,15)16/h7-8H,5-6H2,1-4H3. The summed E-state index contributed by atoms with van der Waals surface area (Å²) in [5.74, 6) is -0.414. The van der Waals surface area contributed by atoms with Gasteiger partial charge >= 0.3 is 0 Å². The fraction of sp³-hybridized carbons (Fsp3) is 0.636. The third-order valence-electron chi connectivity index (χ3n) is 2.82. The fourth-order valence-electron chi connectivity index (χ4n) is 1.35. The maximum absolute atomic E-state index is 12.1. The summed E-state index contributed by atoms with van der Waals surface area (Å²) in [6.45, 7) is 5.56. The topological polar surface area (TPSA) is 69.0 Å². The molecule has 0 N–H and O–H groups in total. The number of sulfone groups is 1. The highest BCUT2D eigenvalue weighted by molar-refractivity contribution is 7.92. The van der Waals surface area contributed by atoms with Gasteiger partial charge in [-0.25, -0.2) is 8.42 Å². The van der Waals surface area contributed by atoms with E-state index in [1.165, 1.54) is 20.0 Å². The van der Waals surface area contributed by atoms with E-state index in [0.29, 0.717) is 12.1 Å². The van der Waals surface area contributed by atoms with Gasteiger partial charge in [0, 0.05) is 19.0 Å². The Morgan fingerprint density at radius 2 is 2.06 bits per heavy atom. The monoisotopic (exact) mass is 258 g/mol. The minimum absolute atomic E-state index is 0.342. The second-order valence-electron chi connectivity index (χ2n) is 4.60. The lowest BCUT2D eigenvalue weighted by Gasteiger charge is -2.19. The van der Waals surface area contributed by atoms with Gasteiger partial charge in [0.25, 0.3) is 0 Å². The second-order valence-corrected chi connectivity index (χ2v) is 7.17. The molecule has 6 heteroatoms. The highest BCUT2D eigenvalue weighted by Gasteiger charge is 2.39. The van der Waals surface area contributed by atoms with Crippen molar-refractivity contribution in [1.29, 1.82) is 0 Å². The van der Waals surface area contributed by atoms with Gasteiger partial charge in [-0.05, 0) is 20.3 Å². The largest absolute Gasteiger partial charge is 0.292 e. The summed E-state index contributed by atoms with van der Waals surface area (Å²) in [6, 6.07) is 0. The van der Waals surface area contributed by atoms with Crippen LogP contribution in [-0.2, 0) is 16.4 Å². The predicted octanol–water partition coefficient (Wildman–Crippen LogP) is 1.30. The van der Waals surface area contributed by atoms with Crippen molar-refractivity contribution in [3.63, 3.8) is 0 Å². The Labute approximate surface area is 102 Å². The van der Waals surface area contributed by atoms with Gasteiger partial charge < -0.3 is 0 Å². The van der Waals surface area contributed by atoms with Gasteiger partial charge in [0.2, 0.25) is 0 Å². The first kappa shape index (κ1) is 13.9. The van der Waals surface area contributed by atoms with E-state index < -0.39 is 20.4 Å². The summed E-state index contributed by atoms with van der Waals surface area (Å²) in [6.07, 6.45) is 5.00. The molecule has 1 aromatic rings. The lowest BCUT2D eigenvalue weighted by atomic mass is 10.0. The average Bonchev–Trinajstić information content (AvgIpc) is 2.64. The van der Waals surface area contributed by atoms with Crippen molar-refractivity contribution >= 4 is 15.6 Å². The van der Waals surface area contributed by atoms with Gasteiger partial charge in [0.1, 0.15) is 4.75 Å². The molecule has 5 nitrogen and oxygen atoms in total. The number of rotatable bonds is 5. The van der Waals surface area contributed by atoms with Crippen LogP contribution in [0, 0.1) is 0 Å². The number of carbonyl (C=O) groups is 1. The van der Waals surface area contributed by atoms with E-state index in [-0.39, 0.29) is 0 Å². The van der Waals surface area contributed by atoms with Crippen molar-refractivity contribution in [1.82, 2.24) is 9.78 Å². The molecular weight excluding hydrogens is 240 g/mol. The number of aryl methyl sites for hydroxylation is 1. The number of aromatic nitrogens is 2. The minimum Gasteiger partial charge on any atom is -0.292 e. The molecule has 0 aliphatic heterocycles. The number of ketones is 1. The van der Waals surface area contributed by atoms with Crippen molar-refractivity contribution < 1.29 is 13.2 Å². The van der Waals surface area contributed by atoms with Crippen LogP contribution in [-0.4, -0.2) is 35.0 Å². The molecular formula is C11H18N2O3S. The smallest absolute Gasteiger partial charge is 0.186 e. The van der Waals surface area contributed by atoms with Gasteiger partial charge in [-0.3, -0.25) is 9.48 Å². The molecule has 1 rings (SSSR count). The van der Waals surface area contributed by atoms with E-state index >= 15 is 0 Å². The molecule has 0 spiro atoms. The van der Waals surface area contributed by atoms with Crippen LogP contribution in [0.2, 0.25) is 0 Å². The molecule has 0 aromatic carbocycles. The molecule has 17 heavy (non-hydrogen) atoms. The first-order valence-corrected chi connectivity index (χ1v) is 7.36. The molecule has 0 bridgehead atoms. The molecule has 0 amide bonds. The summed E-state index contributed by atoms with van der Waals surface area (Å²) in [7, 11) is -3.44. The van der Waals surface area contributed by atoms with Crippen LogP contribution in [0.5, 0.6) is 0 Å². The molecule has 0 saturated heterocycles. The first-order valence-electron chi connectivity index (χ1n) is 5.47. The van der Waals surface area contributed by atoms with Crippen LogP contribution in [0.3, 0.4) is 0 Å². The normalized spacial score (nSPS) is 12.7. The maximum Gasteiger partial charge on any atom is 0.186 e. The average molecular weight is 258 g/mol. The summed E-state index contributed by atoms with van der Waals surface area (Å²) < 4.78 is 23.3. The van der Waals surface area contributed by atoms with Gasteiger partial charge in [-0.15, -0.1) is 0 Å². The van der Waals surface area contributed by atoms with Crippen molar-refractivity contribution in [2.24, 2.45) is 0 Å². The summed E-state index contributed by atoms with van der Waals surface area (Å²) >= 11 is 0. The third-order valence-corrected chi connectivity index (χ3v) is 4.86. The van der Waals surface area contributed by atoms with Crippen molar-refractivity contribution in [2.75, 3.05) is 6.26 Å². The highest BCUT2D eigenvalue weighted by atomic mass is 32.2. The zero-order valence-electron chi connectivity index (χ0n) is 10.6. The molecule has 0 radical (unpaired) electrons. The van der Waals surface area contributed by atoms with E-state index in [0.717, 1.165) is 12.7 Å². The lowest BCUT2D eigenvalue weighted by molar-refractivity contribution is 0.0954. The van der Waals surface area contributed by atoms with Crippen LogP contribution in [0.15, 0.2) is 12.4 Å². The van der Waals surface area contributed by atoms with Gasteiger partial charge in [0.15, 0.2) is 15.6 Å². The Morgan fingerprint density at radius 3 is 2.53 bits per heavy atom. The van der Waals surface area contributed by atoms with Gasteiger partial charge in [-0.1, -0.05) is 6.92 Å². The van der Waals surface area contributed by atoms with E-state index in [1.807, 2.05) is 6.92 Å². The molecule has 1 heterocycles. The summed E-state index contributed by atoms with van der Waals surface area (Å²) in [5.41, 5.74) is 0.342. The number of hydrogen-bond donors (Lipinski definition) is 0. The van der Waals surface area contributed by atoms with Crippen LogP contribution >= 0.6 is 0 Å². The van der Waals surface area contributed by atoms with Crippen LogP contribution in [0.4, 0.5) is 0 Å².